The van der Waals surface area contributed by atoms with Crippen molar-refractivity contribution >= 4 is 10.4 Å². The summed E-state index contributed by atoms with van der Waals surface area (Å²) in [6.45, 7) is 8.40. The van der Waals surface area contributed by atoms with Gasteiger partial charge in [-0.15, -0.1) is 0 Å². The lowest BCUT2D eigenvalue weighted by molar-refractivity contribution is -0.163. The molecule has 100 valence electrons. The van der Waals surface area contributed by atoms with Gasteiger partial charge in [0.1, 0.15) is 0 Å². The maximum absolute atomic E-state index is 10.4. The van der Waals surface area contributed by atoms with E-state index in [9.17, 15) is 8.42 Å². The zero-order valence-electron chi connectivity index (χ0n) is 10.2. The SMILES string of the molecule is CCONOCC.CCOS(=O)(=O)OCC. The first kappa shape index (κ1) is 18.1. The zero-order valence-corrected chi connectivity index (χ0v) is 11.0. The Bertz CT molecular complexity index is 203. The van der Waals surface area contributed by atoms with Crippen molar-refractivity contribution in [3.8, 4) is 0 Å². The Kier molecular flexibility index (Phi) is 14.5. The van der Waals surface area contributed by atoms with Crippen molar-refractivity contribution in [3.63, 3.8) is 0 Å². The molecule has 0 aliphatic carbocycles. The van der Waals surface area contributed by atoms with Crippen LogP contribution in [-0.4, -0.2) is 34.8 Å². The smallest absolute Gasteiger partial charge is 0.277 e. The van der Waals surface area contributed by atoms with Gasteiger partial charge in [0, 0.05) is 0 Å². The predicted molar refractivity (Wildman–Crippen MR) is 58.6 cm³/mol. The molecule has 0 rings (SSSR count). The molecule has 0 heterocycles. The van der Waals surface area contributed by atoms with Crippen molar-refractivity contribution in [2.75, 3.05) is 26.4 Å². The molecule has 0 fully saturated rings. The van der Waals surface area contributed by atoms with Crippen molar-refractivity contribution < 1.29 is 26.5 Å². The summed E-state index contributed by atoms with van der Waals surface area (Å²) in [5.74, 6) is 0. The van der Waals surface area contributed by atoms with Crippen LogP contribution in [0.1, 0.15) is 27.7 Å². The van der Waals surface area contributed by atoms with Crippen LogP contribution in [0.2, 0.25) is 0 Å². The van der Waals surface area contributed by atoms with E-state index in [4.69, 9.17) is 0 Å². The van der Waals surface area contributed by atoms with Crippen LogP contribution < -0.4 is 5.64 Å². The van der Waals surface area contributed by atoms with E-state index >= 15 is 0 Å². The van der Waals surface area contributed by atoms with Gasteiger partial charge < -0.3 is 0 Å². The van der Waals surface area contributed by atoms with Gasteiger partial charge in [0.2, 0.25) is 0 Å². The van der Waals surface area contributed by atoms with Gasteiger partial charge in [-0.05, 0) is 27.7 Å². The molecule has 0 saturated carbocycles. The Morgan fingerprint density at radius 3 is 1.44 bits per heavy atom. The molecule has 8 heteroatoms. The number of hydrogen-bond donors (Lipinski definition) is 1. The van der Waals surface area contributed by atoms with E-state index in [1.165, 1.54) is 0 Å². The summed E-state index contributed by atoms with van der Waals surface area (Å²) < 4.78 is 29.2. The van der Waals surface area contributed by atoms with Crippen molar-refractivity contribution in [1.82, 2.24) is 5.64 Å². The lowest BCUT2D eigenvalue weighted by Crippen LogP contribution is -2.14. The normalized spacial score (nSPS) is 10.8. The maximum atomic E-state index is 10.4. The molecule has 0 aromatic heterocycles. The quantitative estimate of drug-likeness (QED) is 0.509. The molecule has 0 bridgehead atoms. The summed E-state index contributed by atoms with van der Waals surface area (Å²) in [4.78, 5) is 9.20. The number of nitrogens with one attached hydrogen (secondary N) is 1. The van der Waals surface area contributed by atoms with Crippen LogP contribution in [0.3, 0.4) is 0 Å². The van der Waals surface area contributed by atoms with Crippen molar-refractivity contribution in [1.29, 1.82) is 0 Å². The van der Waals surface area contributed by atoms with Crippen LogP contribution in [0.5, 0.6) is 0 Å². The fraction of sp³-hybridized carbons (Fsp3) is 1.00. The average molecular weight is 259 g/mol. The number of hydrogen-bond acceptors (Lipinski definition) is 7. The van der Waals surface area contributed by atoms with Gasteiger partial charge >= 0.3 is 10.4 Å². The minimum atomic E-state index is -3.68. The Morgan fingerprint density at radius 1 is 0.812 bits per heavy atom. The second-order valence-electron chi connectivity index (χ2n) is 2.17. The van der Waals surface area contributed by atoms with Crippen LogP contribution in [-0.2, 0) is 28.4 Å². The van der Waals surface area contributed by atoms with Gasteiger partial charge in [-0.25, -0.2) is 8.37 Å². The van der Waals surface area contributed by atoms with Gasteiger partial charge in [-0.1, -0.05) is 5.64 Å². The van der Waals surface area contributed by atoms with E-state index in [-0.39, 0.29) is 13.2 Å². The lowest BCUT2D eigenvalue weighted by Gasteiger charge is -1.99. The number of rotatable bonds is 8. The molecule has 0 aliphatic heterocycles. The Morgan fingerprint density at radius 2 is 1.19 bits per heavy atom. The average Bonchev–Trinajstić information content (AvgIpc) is 2.19. The van der Waals surface area contributed by atoms with Gasteiger partial charge in [-0.3, -0.25) is 9.68 Å². The zero-order chi connectivity index (χ0) is 12.9. The van der Waals surface area contributed by atoms with Crippen LogP contribution in [0, 0.1) is 0 Å². The second-order valence-corrected chi connectivity index (χ2v) is 3.46. The predicted octanol–water partition coefficient (Wildman–Crippen LogP) is 0.783. The van der Waals surface area contributed by atoms with E-state index in [0.717, 1.165) is 0 Å². The molecule has 0 spiro atoms. The second kappa shape index (κ2) is 12.8. The van der Waals surface area contributed by atoms with Gasteiger partial charge in [0.15, 0.2) is 0 Å². The van der Waals surface area contributed by atoms with Crippen molar-refractivity contribution in [2.45, 2.75) is 27.7 Å². The fourth-order valence-electron chi connectivity index (χ4n) is 0.482. The summed E-state index contributed by atoms with van der Waals surface area (Å²) in [5, 5.41) is 0. The molecule has 0 aromatic rings. The van der Waals surface area contributed by atoms with Gasteiger partial charge in [-0.2, -0.15) is 8.42 Å². The van der Waals surface area contributed by atoms with Crippen molar-refractivity contribution in [3.05, 3.63) is 0 Å². The van der Waals surface area contributed by atoms with Crippen LogP contribution in [0.15, 0.2) is 0 Å². The molecule has 16 heavy (non-hydrogen) atoms. The van der Waals surface area contributed by atoms with Crippen LogP contribution in [0.4, 0.5) is 0 Å². The van der Waals surface area contributed by atoms with Crippen LogP contribution in [0.25, 0.3) is 0 Å². The standard InChI is InChI=1S/C4H11NO2.C4H10O4S/c1-3-6-5-7-4-2;1-3-7-9(5,6)8-4-2/h5H,3-4H2,1-2H3;3-4H2,1-2H3. The summed E-state index contributed by atoms with van der Waals surface area (Å²) in [7, 11) is -3.68. The molecule has 7 nitrogen and oxygen atoms in total. The van der Waals surface area contributed by atoms with Crippen molar-refractivity contribution in [2.24, 2.45) is 0 Å². The Labute approximate surface area is 97.3 Å². The molecular formula is C8H21NO6S. The summed E-state index contributed by atoms with van der Waals surface area (Å²) in [5.41, 5.74) is 2.28. The maximum Gasteiger partial charge on any atom is 0.399 e. The highest BCUT2D eigenvalue weighted by Crippen LogP contribution is 1.93. The highest BCUT2D eigenvalue weighted by Gasteiger charge is 2.06. The van der Waals surface area contributed by atoms with Gasteiger partial charge in [0.05, 0.1) is 26.4 Å². The Balaban J connectivity index is 0. The molecular weight excluding hydrogens is 238 g/mol. The summed E-state index contributed by atoms with van der Waals surface area (Å²) in [6, 6.07) is 0. The molecule has 0 aliphatic rings. The molecule has 0 radical (unpaired) electrons. The third-order valence-electron chi connectivity index (χ3n) is 0.931. The van der Waals surface area contributed by atoms with E-state index in [1.54, 1.807) is 13.8 Å². The molecule has 0 unspecified atom stereocenters. The van der Waals surface area contributed by atoms with E-state index < -0.39 is 10.4 Å². The highest BCUT2D eigenvalue weighted by atomic mass is 32.3. The van der Waals surface area contributed by atoms with Gasteiger partial charge in [0.25, 0.3) is 0 Å². The molecule has 1 N–H and O–H groups in total. The van der Waals surface area contributed by atoms with E-state index in [2.05, 4.69) is 23.7 Å². The summed E-state index contributed by atoms with van der Waals surface area (Å²) >= 11 is 0. The lowest BCUT2D eigenvalue weighted by atomic mass is 10.9. The largest absolute Gasteiger partial charge is 0.399 e. The Hall–Kier alpha value is -0.250. The minimum absolute atomic E-state index is 0.113. The first-order chi connectivity index (χ1) is 7.54. The third kappa shape index (κ3) is 16.2. The summed E-state index contributed by atoms with van der Waals surface area (Å²) in [6.07, 6.45) is 0. The first-order valence-corrected chi connectivity index (χ1v) is 6.39. The third-order valence-corrected chi connectivity index (χ3v) is 1.98. The van der Waals surface area contributed by atoms with E-state index in [1.807, 2.05) is 13.8 Å². The molecule has 0 amide bonds. The first-order valence-electron chi connectivity index (χ1n) is 5.06. The fourth-order valence-corrected chi connectivity index (χ4v) is 1.13. The molecule has 0 aromatic carbocycles. The van der Waals surface area contributed by atoms with E-state index in [0.29, 0.717) is 13.2 Å². The molecule has 0 atom stereocenters. The minimum Gasteiger partial charge on any atom is -0.277 e. The monoisotopic (exact) mass is 259 g/mol. The topological polar surface area (TPSA) is 83.1 Å². The molecule has 0 saturated heterocycles. The highest BCUT2D eigenvalue weighted by molar-refractivity contribution is 7.81. The van der Waals surface area contributed by atoms with Crippen LogP contribution >= 0.6 is 0 Å².